The topological polar surface area (TPSA) is 139 Å². The number of allylic oxidation sites excluding steroid dienone is 1. The number of carboxylic acid groups (broad SMARTS) is 1. The monoisotopic (exact) mass is 696 g/mol. The Kier molecular flexibility index (Phi) is 9.29. The fourth-order valence-corrected chi connectivity index (χ4v) is 12.3. The number of nitrogens with zero attached hydrogens (tertiary/aromatic N) is 3. The van der Waals surface area contributed by atoms with Crippen LogP contribution in [0.15, 0.2) is 18.0 Å². The van der Waals surface area contributed by atoms with E-state index in [0.29, 0.717) is 32.2 Å². The Morgan fingerprint density at radius 2 is 1.80 bits per heavy atom. The van der Waals surface area contributed by atoms with E-state index in [1.165, 1.54) is 19.0 Å². The molecule has 2 heterocycles. The molecule has 10 nitrogen and oxygen atoms in total. The van der Waals surface area contributed by atoms with Gasteiger partial charge in [0.25, 0.3) is 0 Å². The number of nitrogens with two attached hydrogens (primary N) is 1. The third-order valence-electron chi connectivity index (χ3n) is 16.2. The summed E-state index contributed by atoms with van der Waals surface area (Å²) < 4.78 is 20.6. The fraction of sp³-hybridized carbons (Fsp3) is 0.850. The van der Waals surface area contributed by atoms with Gasteiger partial charge in [0.15, 0.2) is 0 Å². The zero-order chi connectivity index (χ0) is 36.8. The van der Waals surface area contributed by atoms with Gasteiger partial charge in [-0.1, -0.05) is 74.0 Å². The van der Waals surface area contributed by atoms with E-state index in [1.54, 1.807) is 4.68 Å². The maximum absolute atomic E-state index is 13.5. The first-order valence-corrected chi connectivity index (χ1v) is 19.1. The van der Waals surface area contributed by atoms with E-state index in [4.69, 9.17) is 19.9 Å². The summed E-state index contributed by atoms with van der Waals surface area (Å²) in [5.74, 6) is -0.0790. The molecule has 3 N–H and O–H groups in total. The van der Waals surface area contributed by atoms with E-state index < -0.39 is 34.2 Å². The van der Waals surface area contributed by atoms with Gasteiger partial charge in [-0.25, -0.2) is 14.5 Å². The van der Waals surface area contributed by atoms with Crippen LogP contribution in [0.2, 0.25) is 0 Å². The molecular weight excluding hydrogens is 632 g/mol. The molecule has 2 bridgehead atoms. The third kappa shape index (κ3) is 5.11. The number of carboxylic acids is 1. The van der Waals surface area contributed by atoms with E-state index in [0.717, 1.165) is 32.1 Å². The van der Waals surface area contributed by atoms with Gasteiger partial charge in [-0.15, -0.1) is 0 Å². The molecule has 3 saturated carbocycles. The summed E-state index contributed by atoms with van der Waals surface area (Å²) in [5.41, 5.74) is 6.04. The lowest BCUT2D eigenvalue weighted by Gasteiger charge is -2.71. The van der Waals surface area contributed by atoms with Gasteiger partial charge in [0, 0.05) is 16.4 Å². The van der Waals surface area contributed by atoms with Gasteiger partial charge in [0.1, 0.15) is 6.33 Å². The van der Waals surface area contributed by atoms with Crippen LogP contribution in [0.4, 0.5) is 0 Å². The van der Waals surface area contributed by atoms with Crippen LogP contribution >= 0.6 is 0 Å². The molecule has 280 valence electrons. The van der Waals surface area contributed by atoms with Crippen LogP contribution in [-0.2, 0) is 19.0 Å². The molecular formula is C40H64N4O6. The lowest BCUT2D eigenvalue weighted by molar-refractivity contribution is -0.252. The minimum absolute atomic E-state index is 0.169. The molecule has 1 saturated heterocycles. The lowest BCUT2D eigenvalue weighted by atomic mass is 9.34. The molecule has 0 spiro atoms. The van der Waals surface area contributed by atoms with Crippen LogP contribution in [0.3, 0.4) is 0 Å². The summed E-state index contributed by atoms with van der Waals surface area (Å²) in [5, 5.41) is 15.7. The van der Waals surface area contributed by atoms with Crippen molar-refractivity contribution < 1.29 is 28.9 Å². The van der Waals surface area contributed by atoms with Crippen LogP contribution in [0.25, 0.3) is 0 Å². The predicted molar refractivity (Wildman–Crippen MR) is 191 cm³/mol. The molecule has 1 aliphatic heterocycles. The number of carbonyl (C=O) groups excluding carboxylic acids is 1. The van der Waals surface area contributed by atoms with E-state index in [9.17, 15) is 14.7 Å². The maximum Gasteiger partial charge on any atom is 0.375 e. The van der Waals surface area contributed by atoms with Crippen molar-refractivity contribution in [3.8, 4) is 0 Å². The molecule has 1 aromatic rings. The van der Waals surface area contributed by atoms with Crippen LogP contribution in [0, 0.1) is 62.6 Å². The average molecular weight is 697 g/mol. The van der Waals surface area contributed by atoms with Gasteiger partial charge in [-0.3, -0.25) is 4.79 Å². The van der Waals surface area contributed by atoms with Gasteiger partial charge in [-0.05, 0) is 91.3 Å². The highest BCUT2D eigenvalue weighted by Gasteiger charge is 2.72. The summed E-state index contributed by atoms with van der Waals surface area (Å²) in [6.07, 6.45) is 8.86. The molecule has 12 atom stereocenters. The van der Waals surface area contributed by atoms with E-state index in [2.05, 4.69) is 78.5 Å². The number of aromatic nitrogens is 3. The fourth-order valence-electron chi connectivity index (χ4n) is 12.3. The third-order valence-corrected chi connectivity index (χ3v) is 16.2. The minimum atomic E-state index is -0.654. The van der Waals surface area contributed by atoms with Gasteiger partial charge < -0.3 is 25.1 Å². The number of ether oxygens (including phenoxy) is 3. The van der Waals surface area contributed by atoms with Crippen molar-refractivity contribution in [3.05, 3.63) is 23.8 Å². The first-order valence-electron chi connectivity index (χ1n) is 19.1. The number of fused-ring (bicyclic) bond motifs is 3. The van der Waals surface area contributed by atoms with E-state index >= 15 is 0 Å². The maximum atomic E-state index is 13.5. The Morgan fingerprint density at radius 3 is 2.42 bits per heavy atom. The van der Waals surface area contributed by atoms with Crippen molar-refractivity contribution >= 4 is 11.9 Å². The lowest BCUT2D eigenvalue weighted by Crippen LogP contribution is -2.69. The molecule has 1 unspecified atom stereocenters. The normalized spacial score (nSPS) is 42.8. The molecule has 0 amide bonds. The van der Waals surface area contributed by atoms with Crippen LogP contribution in [0.5, 0.6) is 0 Å². The second-order valence-electron chi connectivity index (χ2n) is 19.0. The van der Waals surface area contributed by atoms with Crippen LogP contribution < -0.4 is 5.73 Å². The predicted octanol–water partition coefficient (Wildman–Crippen LogP) is 6.95. The highest BCUT2D eigenvalue weighted by Crippen LogP contribution is 2.75. The van der Waals surface area contributed by atoms with Crippen LogP contribution in [-0.4, -0.2) is 70.4 Å². The SMILES string of the molecule is COC(=O)c1ncnn1[C@@H]1C[C@@]23COCC(C)([C@H]1OC[C@](C)(N)C(C)C)[C@@H]2CC[C@H]1C3=CC[C@@]2(C)[C@H](C(=O)O)[C@@](C)([C@H](C)C(C)C)CC[C@]12C. The second kappa shape index (κ2) is 12.4. The Labute approximate surface area is 299 Å². The van der Waals surface area contributed by atoms with Crippen molar-refractivity contribution in [2.45, 2.75) is 125 Å². The second-order valence-corrected chi connectivity index (χ2v) is 19.0. The largest absolute Gasteiger partial charge is 0.481 e. The van der Waals surface area contributed by atoms with Gasteiger partial charge in [0.05, 0.1) is 45.0 Å². The molecule has 1 aromatic heterocycles. The van der Waals surface area contributed by atoms with Crippen molar-refractivity contribution in [1.29, 1.82) is 0 Å². The van der Waals surface area contributed by atoms with Gasteiger partial charge >= 0.3 is 11.9 Å². The Bertz CT molecular complexity index is 1520. The van der Waals surface area contributed by atoms with Gasteiger partial charge in [0.2, 0.25) is 5.82 Å². The van der Waals surface area contributed by atoms with Crippen molar-refractivity contribution in [2.24, 2.45) is 68.3 Å². The van der Waals surface area contributed by atoms with Crippen molar-refractivity contribution in [3.63, 3.8) is 0 Å². The van der Waals surface area contributed by atoms with E-state index in [-0.39, 0.29) is 57.9 Å². The molecule has 0 radical (unpaired) electrons. The summed E-state index contributed by atoms with van der Waals surface area (Å²) in [6.45, 7) is 23.7. The molecule has 4 fully saturated rings. The number of carbonyl (C=O) groups is 2. The molecule has 6 rings (SSSR count). The number of aliphatic carboxylic acids is 1. The Balaban J connectivity index is 1.48. The molecule has 5 aliphatic rings. The summed E-state index contributed by atoms with van der Waals surface area (Å²) in [7, 11) is 1.37. The van der Waals surface area contributed by atoms with Crippen molar-refractivity contribution in [2.75, 3.05) is 26.9 Å². The standard InChI is InChI=1S/C40H64N4O6/c1-23(2)25(5)35(6)16-17-37(8)26-12-13-29-36(7)19-49-21-40(29,27(26)14-15-38(37,9)30(35)33(45)46)18-28(31(36)50-20-39(10,41)24(3)4)44-32(34(47)48-11)42-22-43-44/h14,22-26,28-31H,12-13,15-21,41H2,1-11H3,(H,45,46)/t25-,26+,28-,29+,30-,31+,35-,36?,37-,38+,39+,40+/m1/s1. The Hall–Kier alpha value is -2.30. The number of hydrogen-bond donors (Lipinski definition) is 2. The summed E-state index contributed by atoms with van der Waals surface area (Å²) in [4.78, 5) is 30.9. The zero-order valence-corrected chi connectivity index (χ0v) is 32.5. The highest BCUT2D eigenvalue weighted by atomic mass is 16.5. The molecule has 0 aromatic carbocycles. The van der Waals surface area contributed by atoms with Gasteiger partial charge in [-0.2, -0.15) is 5.10 Å². The quantitative estimate of drug-likeness (QED) is 0.207. The Morgan fingerprint density at radius 1 is 1.10 bits per heavy atom. The molecule has 10 heteroatoms. The average Bonchev–Trinajstić information content (AvgIpc) is 3.53. The smallest absolute Gasteiger partial charge is 0.375 e. The van der Waals surface area contributed by atoms with Crippen molar-refractivity contribution in [1.82, 2.24) is 14.8 Å². The number of hydrogen-bond acceptors (Lipinski definition) is 8. The summed E-state index contributed by atoms with van der Waals surface area (Å²) in [6, 6.07) is -0.311. The first-order chi connectivity index (χ1) is 23.2. The number of esters is 1. The van der Waals surface area contributed by atoms with Crippen LogP contribution in [0.1, 0.15) is 124 Å². The number of methoxy groups -OCH3 is 1. The number of rotatable bonds is 9. The minimum Gasteiger partial charge on any atom is -0.481 e. The first kappa shape index (κ1) is 37.5. The van der Waals surface area contributed by atoms with E-state index in [1.807, 2.05) is 6.92 Å². The summed E-state index contributed by atoms with van der Waals surface area (Å²) >= 11 is 0. The zero-order valence-electron chi connectivity index (χ0n) is 32.5. The molecule has 50 heavy (non-hydrogen) atoms. The molecule has 4 aliphatic carbocycles. The highest BCUT2D eigenvalue weighted by molar-refractivity contribution is 5.85.